The van der Waals surface area contributed by atoms with E-state index in [1.54, 1.807) is 23.6 Å². The van der Waals surface area contributed by atoms with Crippen LogP contribution in [0.4, 0.5) is 5.69 Å². The molecule has 1 amide bonds. The minimum Gasteiger partial charge on any atom is -0.323 e. The standard InChI is InChI=1S/C13H12BrClN2OS/c14-9-7-11(13(15)16-8-9)17-12(18)5-1-3-10-4-2-6-19-10/h2,4,6-8H,1,3,5H2,(H,17,18). The first-order valence-corrected chi connectivity index (χ1v) is 7.83. The number of rotatable bonds is 5. The van der Waals surface area contributed by atoms with Crippen molar-refractivity contribution < 1.29 is 4.79 Å². The molecule has 0 aliphatic heterocycles. The number of aryl methyl sites for hydroxylation is 1. The van der Waals surface area contributed by atoms with Crippen molar-refractivity contribution in [2.24, 2.45) is 0 Å². The lowest BCUT2D eigenvalue weighted by molar-refractivity contribution is -0.116. The van der Waals surface area contributed by atoms with Crippen LogP contribution in [0.1, 0.15) is 17.7 Å². The zero-order chi connectivity index (χ0) is 13.7. The van der Waals surface area contributed by atoms with E-state index in [1.807, 2.05) is 11.4 Å². The number of hydrogen-bond donors (Lipinski definition) is 1. The van der Waals surface area contributed by atoms with Gasteiger partial charge in [0, 0.05) is 22.0 Å². The van der Waals surface area contributed by atoms with E-state index in [-0.39, 0.29) is 5.91 Å². The Bertz CT molecular complexity index is 560. The average Bonchev–Trinajstić information content (AvgIpc) is 2.87. The highest BCUT2D eigenvalue weighted by Crippen LogP contribution is 2.23. The van der Waals surface area contributed by atoms with Crippen molar-refractivity contribution in [1.29, 1.82) is 0 Å². The van der Waals surface area contributed by atoms with E-state index < -0.39 is 0 Å². The number of nitrogens with zero attached hydrogens (tertiary/aromatic N) is 1. The van der Waals surface area contributed by atoms with Gasteiger partial charge < -0.3 is 5.32 Å². The molecule has 0 spiro atoms. The summed E-state index contributed by atoms with van der Waals surface area (Å²) >= 11 is 10.9. The first-order valence-electron chi connectivity index (χ1n) is 5.78. The van der Waals surface area contributed by atoms with Crippen molar-refractivity contribution in [3.05, 3.63) is 44.3 Å². The predicted octanol–water partition coefficient (Wildman–Crippen LogP) is 4.52. The van der Waals surface area contributed by atoms with Crippen LogP contribution in [0.25, 0.3) is 0 Å². The number of anilines is 1. The number of aromatic nitrogens is 1. The molecule has 0 aromatic carbocycles. The summed E-state index contributed by atoms with van der Waals surface area (Å²) in [5.41, 5.74) is 0.539. The highest BCUT2D eigenvalue weighted by Gasteiger charge is 2.07. The largest absolute Gasteiger partial charge is 0.323 e. The number of thiophene rings is 1. The van der Waals surface area contributed by atoms with Gasteiger partial charge in [-0.1, -0.05) is 17.7 Å². The molecule has 2 aromatic rings. The van der Waals surface area contributed by atoms with Gasteiger partial charge in [0.25, 0.3) is 0 Å². The number of amides is 1. The summed E-state index contributed by atoms with van der Waals surface area (Å²) < 4.78 is 0.783. The Labute approximate surface area is 129 Å². The van der Waals surface area contributed by atoms with Crippen molar-refractivity contribution in [3.63, 3.8) is 0 Å². The second-order valence-electron chi connectivity index (χ2n) is 3.97. The normalized spacial score (nSPS) is 10.4. The van der Waals surface area contributed by atoms with Crippen molar-refractivity contribution >= 4 is 50.5 Å². The van der Waals surface area contributed by atoms with Crippen LogP contribution in [0.2, 0.25) is 5.15 Å². The van der Waals surface area contributed by atoms with Crippen molar-refractivity contribution in [2.75, 3.05) is 5.32 Å². The summed E-state index contributed by atoms with van der Waals surface area (Å²) in [5, 5.41) is 5.12. The van der Waals surface area contributed by atoms with E-state index >= 15 is 0 Å². The van der Waals surface area contributed by atoms with Gasteiger partial charge >= 0.3 is 0 Å². The molecular formula is C13H12BrClN2OS. The average molecular weight is 360 g/mol. The molecule has 0 saturated carbocycles. The van der Waals surface area contributed by atoms with Gasteiger partial charge in [-0.15, -0.1) is 11.3 Å². The zero-order valence-electron chi connectivity index (χ0n) is 10.0. The monoisotopic (exact) mass is 358 g/mol. The Kier molecular flexibility index (Phi) is 5.36. The quantitative estimate of drug-likeness (QED) is 0.797. The molecule has 0 fully saturated rings. The smallest absolute Gasteiger partial charge is 0.224 e. The summed E-state index contributed by atoms with van der Waals surface area (Å²) in [7, 11) is 0. The van der Waals surface area contributed by atoms with E-state index in [0.717, 1.165) is 17.3 Å². The van der Waals surface area contributed by atoms with Crippen LogP contribution in [-0.2, 0) is 11.2 Å². The van der Waals surface area contributed by atoms with E-state index in [1.165, 1.54) is 4.88 Å². The molecule has 100 valence electrons. The molecule has 0 bridgehead atoms. The Balaban J connectivity index is 1.82. The Hall–Kier alpha value is -0.910. The van der Waals surface area contributed by atoms with Gasteiger partial charge in [0.1, 0.15) is 0 Å². The summed E-state index contributed by atoms with van der Waals surface area (Å²) in [4.78, 5) is 17.1. The van der Waals surface area contributed by atoms with Crippen LogP contribution >= 0.6 is 38.9 Å². The number of hydrogen-bond acceptors (Lipinski definition) is 3. The maximum absolute atomic E-state index is 11.8. The topological polar surface area (TPSA) is 42.0 Å². The van der Waals surface area contributed by atoms with Crippen molar-refractivity contribution in [1.82, 2.24) is 4.98 Å². The predicted molar refractivity (Wildman–Crippen MR) is 82.8 cm³/mol. The Morgan fingerprint density at radius 3 is 3.11 bits per heavy atom. The highest BCUT2D eigenvalue weighted by atomic mass is 79.9. The van der Waals surface area contributed by atoms with Gasteiger partial charge in [0.2, 0.25) is 5.91 Å². The summed E-state index contributed by atoms with van der Waals surface area (Å²) in [6.45, 7) is 0. The number of halogens is 2. The third kappa shape index (κ3) is 4.60. The van der Waals surface area contributed by atoms with E-state index in [4.69, 9.17) is 11.6 Å². The fourth-order valence-electron chi connectivity index (χ4n) is 1.60. The van der Waals surface area contributed by atoms with Gasteiger partial charge in [0.05, 0.1) is 5.69 Å². The van der Waals surface area contributed by atoms with Crippen LogP contribution in [0.15, 0.2) is 34.2 Å². The van der Waals surface area contributed by atoms with Crippen molar-refractivity contribution in [3.8, 4) is 0 Å². The molecule has 0 radical (unpaired) electrons. The second kappa shape index (κ2) is 7.03. The molecule has 0 saturated heterocycles. The number of pyridine rings is 1. The number of nitrogens with one attached hydrogen (secondary N) is 1. The molecule has 1 N–H and O–H groups in total. The maximum Gasteiger partial charge on any atom is 0.224 e. The van der Waals surface area contributed by atoms with E-state index in [2.05, 4.69) is 32.3 Å². The number of carbonyl (C=O) groups is 1. The van der Waals surface area contributed by atoms with Gasteiger partial charge in [-0.05, 0) is 46.3 Å². The third-order valence-corrected chi connectivity index (χ3v) is 4.16. The molecule has 2 aromatic heterocycles. The lowest BCUT2D eigenvalue weighted by Crippen LogP contribution is -2.12. The molecule has 2 heterocycles. The minimum absolute atomic E-state index is 0.0432. The number of carbonyl (C=O) groups excluding carboxylic acids is 1. The molecule has 2 rings (SSSR count). The van der Waals surface area contributed by atoms with Crippen LogP contribution in [-0.4, -0.2) is 10.9 Å². The van der Waals surface area contributed by atoms with Gasteiger partial charge in [-0.2, -0.15) is 0 Å². The SMILES string of the molecule is O=C(CCCc1cccs1)Nc1cc(Br)cnc1Cl. The van der Waals surface area contributed by atoms with Crippen molar-refractivity contribution in [2.45, 2.75) is 19.3 Å². The molecule has 19 heavy (non-hydrogen) atoms. The lowest BCUT2D eigenvalue weighted by atomic mass is 10.2. The first-order chi connectivity index (χ1) is 9.15. The third-order valence-electron chi connectivity index (χ3n) is 2.49. The molecular weight excluding hydrogens is 348 g/mol. The fraction of sp³-hybridized carbons (Fsp3) is 0.231. The van der Waals surface area contributed by atoms with Gasteiger partial charge in [0.15, 0.2) is 5.15 Å². The highest BCUT2D eigenvalue weighted by molar-refractivity contribution is 9.10. The maximum atomic E-state index is 11.8. The molecule has 3 nitrogen and oxygen atoms in total. The van der Waals surface area contributed by atoms with Crippen LogP contribution < -0.4 is 5.32 Å². The lowest BCUT2D eigenvalue weighted by Gasteiger charge is -2.06. The van der Waals surface area contributed by atoms with Crippen LogP contribution in [0.5, 0.6) is 0 Å². The van der Waals surface area contributed by atoms with Crippen LogP contribution in [0.3, 0.4) is 0 Å². The zero-order valence-corrected chi connectivity index (χ0v) is 13.2. The molecule has 0 aliphatic carbocycles. The summed E-state index contributed by atoms with van der Waals surface area (Å²) in [6.07, 6.45) is 3.82. The first kappa shape index (κ1) is 14.5. The minimum atomic E-state index is -0.0432. The molecule has 0 unspecified atom stereocenters. The van der Waals surface area contributed by atoms with E-state index in [0.29, 0.717) is 17.3 Å². The molecule has 0 atom stereocenters. The molecule has 6 heteroatoms. The fourth-order valence-corrected chi connectivity index (χ4v) is 2.83. The summed E-state index contributed by atoms with van der Waals surface area (Å²) in [6, 6.07) is 5.84. The van der Waals surface area contributed by atoms with Gasteiger partial charge in [-0.25, -0.2) is 4.98 Å². The van der Waals surface area contributed by atoms with Crippen LogP contribution in [0, 0.1) is 0 Å². The second-order valence-corrected chi connectivity index (χ2v) is 6.28. The Morgan fingerprint density at radius 2 is 2.37 bits per heavy atom. The van der Waals surface area contributed by atoms with E-state index in [9.17, 15) is 4.79 Å². The Morgan fingerprint density at radius 1 is 1.53 bits per heavy atom. The van der Waals surface area contributed by atoms with Gasteiger partial charge in [-0.3, -0.25) is 4.79 Å². The summed E-state index contributed by atoms with van der Waals surface area (Å²) in [5.74, 6) is -0.0432. The molecule has 0 aliphatic rings.